The Morgan fingerprint density at radius 1 is 1.13 bits per heavy atom. The molecule has 31 heavy (non-hydrogen) atoms. The van der Waals surface area contributed by atoms with E-state index in [9.17, 15) is 5.11 Å². The zero-order valence-corrected chi connectivity index (χ0v) is 17.2. The lowest BCUT2D eigenvalue weighted by molar-refractivity contribution is 0.145. The third kappa shape index (κ3) is 3.79. The highest BCUT2D eigenvalue weighted by molar-refractivity contribution is 5.96. The normalized spacial score (nSPS) is 15.8. The summed E-state index contributed by atoms with van der Waals surface area (Å²) in [7, 11) is 0. The predicted molar refractivity (Wildman–Crippen MR) is 117 cm³/mol. The molecule has 0 atom stereocenters. The summed E-state index contributed by atoms with van der Waals surface area (Å²) in [5, 5.41) is 36.1. The van der Waals surface area contributed by atoms with Crippen LogP contribution in [0.25, 0.3) is 16.6 Å². The zero-order chi connectivity index (χ0) is 21.4. The lowest BCUT2D eigenvalue weighted by Gasteiger charge is -2.31. The van der Waals surface area contributed by atoms with Crippen molar-refractivity contribution in [2.24, 2.45) is 5.16 Å². The number of hydrogen-bond acceptors (Lipinski definition) is 8. The van der Waals surface area contributed by atoms with Gasteiger partial charge >= 0.3 is 0 Å². The number of fused-ring (bicyclic) bond motifs is 2. The first kappa shape index (κ1) is 19.4. The van der Waals surface area contributed by atoms with Gasteiger partial charge in [-0.1, -0.05) is 11.2 Å². The molecule has 0 aliphatic carbocycles. The summed E-state index contributed by atoms with van der Waals surface area (Å²) in [5.41, 5.74) is 4.72. The Kier molecular flexibility index (Phi) is 4.95. The van der Waals surface area contributed by atoms with Gasteiger partial charge in [0.25, 0.3) is 0 Å². The number of benzene rings is 1. The highest BCUT2D eigenvalue weighted by Gasteiger charge is 2.18. The van der Waals surface area contributed by atoms with E-state index in [2.05, 4.69) is 42.5 Å². The van der Waals surface area contributed by atoms with Crippen LogP contribution in [0.2, 0.25) is 0 Å². The number of pyridine rings is 1. The van der Waals surface area contributed by atoms with Crippen molar-refractivity contribution in [1.29, 1.82) is 0 Å². The van der Waals surface area contributed by atoms with Crippen LogP contribution in [0, 0.1) is 0 Å². The number of nitrogens with zero attached hydrogens (tertiary/aromatic N) is 7. The molecule has 5 rings (SSSR count). The van der Waals surface area contributed by atoms with Crippen LogP contribution in [0.1, 0.15) is 36.8 Å². The maximum atomic E-state index is 9.76. The van der Waals surface area contributed by atoms with Crippen LogP contribution in [-0.2, 0) is 6.42 Å². The summed E-state index contributed by atoms with van der Waals surface area (Å²) >= 11 is 0. The van der Waals surface area contributed by atoms with Crippen LogP contribution in [0.5, 0.6) is 0 Å². The van der Waals surface area contributed by atoms with E-state index in [-0.39, 0.29) is 6.10 Å². The van der Waals surface area contributed by atoms with Gasteiger partial charge in [-0.2, -0.15) is 9.61 Å². The summed E-state index contributed by atoms with van der Waals surface area (Å²) in [5.74, 6) is 0.705. The van der Waals surface area contributed by atoms with Gasteiger partial charge in [-0.15, -0.1) is 10.2 Å². The first-order valence-electron chi connectivity index (χ1n) is 10.3. The third-order valence-electron chi connectivity index (χ3n) is 5.77. The molecule has 2 N–H and O–H groups in total. The first-order valence-corrected chi connectivity index (χ1v) is 10.3. The first-order chi connectivity index (χ1) is 15.1. The SMILES string of the molecule is C/C(=N\O)c1ccc2nnc(Cc3ccc4ncc(N5CCC(O)CC5)cc4c3)n2n1. The number of aliphatic hydroxyl groups excluding tert-OH is 1. The van der Waals surface area contributed by atoms with E-state index in [1.54, 1.807) is 23.6 Å². The van der Waals surface area contributed by atoms with Crippen LogP contribution < -0.4 is 4.90 Å². The Balaban J connectivity index is 1.45. The Hall–Kier alpha value is -3.59. The van der Waals surface area contributed by atoms with Crippen molar-refractivity contribution in [3.05, 3.63) is 59.7 Å². The molecule has 9 nitrogen and oxygen atoms in total. The predicted octanol–water partition coefficient (Wildman–Crippen LogP) is 2.42. The van der Waals surface area contributed by atoms with Crippen molar-refractivity contribution >= 4 is 27.9 Å². The number of piperidine rings is 1. The molecule has 1 saturated heterocycles. The second kappa shape index (κ2) is 7.92. The van der Waals surface area contributed by atoms with Crippen molar-refractivity contribution in [3.8, 4) is 0 Å². The molecule has 4 aromatic rings. The molecule has 0 radical (unpaired) electrons. The van der Waals surface area contributed by atoms with E-state index in [4.69, 9.17) is 5.21 Å². The molecule has 0 unspecified atom stereocenters. The Labute approximate surface area is 178 Å². The van der Waals surface area contributed by atoms with Gasteiger partial charge in [0.15, 0.2) is 11.5 Å². The quantitative estimate of drug-likeness (QED) is 0.298. The van der Waals surface area contributed by atoms with E-state index in [0.717, 1.165) is 48.1 Å². The summed E-state index contributed by atoms with van der Waals surface area (Å²) < 4.78 is 1.68. The molecule has 3 aromatic heterocycles. The van der Waals surface area contributed by atoms with Gasteiger partial charge in [-0.25, -0.2) is 0 Å². The van der Waals surface area contributed by atoms with Gasteiger partial charge in [-0.05, 0) is 55.7 Å². The zero-order valence-electron chi connectivity index (χ0n) is 17.2. The molecule has 0 saturated carbocycles. The number of hydrogen-bond donors (Lipinski definition) is 2. The number of rotatable bonds is 4. The summed E-state index contributed by atoms with van der Waals surface area (Å²) in [6.07, 6.45) is 3.84. The van der Waals surface area contributed by atoms with E-state index in [0.29, 0.717) is 29.3 Å². The Morgan fingerprint density at radius 3 is 2.77 bits per heavy atom. The molecule has 1 aromatic carbocycles. The molecule has 158 valence electrons. The van der Waals surface area contributed by atoms with Crippen molar-refractivity contribution in [2.45, 2.75) is 32.3 Å². The topological polar surface area (TPSA) is 112 Å². The number of aliphatic hydroxyl groups is 1. The van der Waals surface area contributed by atoms with Crippen molar-refractivity contribution < 1.29 is 10.3 Å². The molecule has 1 aliphatic heterocycles. The highest BCUT2D eigenvalue weighted by atomic mass is 16.4. The molecule has 1 fully saturated rings. The molecule has 0 bridgehead atoms. The lowest BCUT2D eigenvalue weighted by Crippen LogP contribution is -2.35. The number of oxime groups is 1. The van der Waals surface area contributed by atoms with E-state index in [1.165, 1.54) is 0 Å². The smallest absolute Gasteiger partial charge is 0.177 e. The standard InChI is InChI=1S/C22H23N7O2/c1-14(27-31)19-4-5-21-24-25-22(29(21)26-19)11-15-2-3-20-16(10-15)12-17(13-23-20)28-8-6-18(30)7-9-28/h2-5,10,12-13,18,30-31H,6-9,11H2,1H3/b27-14+. The average Bonchev–Trinajstić information content (AvgIpc) is 3.20. The fourth-order valence-electron chi connectivity index (χ4n) is 3.95. The largest absolute Gasteiger partial charge is 0.411 e. The van der Waals surface area contributed by atoms with Crippen molar-refractivity contribution in [1.82, 2.24) is 24.8 Å². The van der Waals surface area contributed by atoms with E-state index < -0.39 is 0 Å². The lowest BCUT2D eigenvalue weighted by atomic mass is 10.1. The fourth-order valence-corrected chi connectivity index (χ4v) is 3.95. The molecule has 0 amide bonds. The molecule has 1 aliphatic rings. The minimum absolute atomic E-state index is 0.198. The molecular formula is C22H23N7O2. The Bertz CT molecular complexity index is 1280. The van der Waals surface area contributed by atoms with Gasteiger partial charge in [0, 0.05) is 24.9 Å². The third-order valence-corrected chi connectivity index (χ3v) is 5.77. The van der Waals surface area contributed by atoms with Gasteiger partial charge in [0.1, 0.15) is 11.4 Å². The fraction of sp³-hybridized carbons (Fsp3) is 0.318. The highest BCUT2D eigenvalue weighted by Crippen LogP contribution is 2.24. The number of aromatic nitrogens is 5. The molecule has 4 heterocycles. The van der Waals surface area contributed by atoms with Crippen molar-refractivity contribution in [3.63, 3.8) is 0 Å². The van der Waals surface area contributed by atoms with Crippen LogP contribution in [-0.4, -0.2) is 60.0 Å². The molecule has 9 heteroatoms. The van der Waals surface area contributed by atoms with Crippen molar-refractivity contribution in [2.75, 3.05) is 18.0 Å². The number of anilines is 1. The monoisotopic (exact) mass is 417 g/mol. The van der Waals surface area contributed by atoms with Gasteiger partial charge in [0.05, 0.1) is 23.5 Å². The molecular weight excluding hydrogens is 394 g/mol. The van der Waals surface area contributed by atoms with Crippen LogP contribution in [0.4, 0.5) is 5.69 Å². The van der Waals surface area contributed by atoms with E-state index in [1.807, 2.05) is 18.3 Å². The Morgan fingerprint density at radius 2 is 1.97 bits per heavy atom. The van der Waals surface area contributed by atoms with Crippen LogP contribution in [0.15, 0.2) is 47.8 Å². The summed E-state index contributed by atoms with van der Waals surface area (Å²) in [4.78, 5) is 6.89. The summed E-state index contributed by atoms with van der Waals surface area (Å²) in [6.45, 7) is 3.36. The van der Waals surface area contributed by atoms with Crippen LogP contribution >= 0.6 is 0 Å². The van der Waals surface area contributed by atoms with Crippen LogP contribution in [0.3, 0.4) is 0 Å². The second-order valence-electron chi connectivity index (χ2n) is 7.91. The second-order valence-corrected chi connectivity index (χ2v) is 7.91. The van der Waals surface area contributed by atoms with Gasteiger partial charge in [-0.3, -0.25) is 4.98 Å². The minimum atomic E-state index is -0.198. The maximum absolute atomic E-state index is 9.76. The summed E-state index contributed by atoms with van der Waals surface area (Å²) in [6, 6.07) is 11.9. The average molecular weight is 417 g/mol. The van der Waals surface area contributed by atoms with Gasteiger partial charge in [0.2, 0.25) is 0 Å². The van der Waals surface area contributed by atoms with Gasteiger partial charge < -0.3 is 15.2 Å². The minimum Gasteiger partial charge on any atom is -0.411 e. The maximum Gasteiger partial charge on any atom is 0.177 e. The molecule has 0 spiro atoms. The van der Waals surface area contributed by atoms with E-state index >= 15 is 0 Å².